The lowest BCUT2D eigenvalue weighted by Crippen LogP contribution is -2.11. The van der Waals surface area contributed by atoms with E-state index in [4.69, 9.17) is 11.5 Å². The molecule has 14 nitrogen and oxygen atoms in total. The predicted octanol–water partition coefficient (Wildman–Crippen LogP) is 6.58. The van der Waals surface area contributed by atoms with Gasteiger partial charge in [-0.25, -0.2) is 0 Å². The van der Waals surface area contributed by atoms with Gasteiger partial charge in [0.2, 0.25) is 0 Å². The zero-order valence-corrected chi connectivity index (χ0v) is 26.2. The van der Waals surface area contributed by atoms with Gasteiger partial charge >= 0.3 is 0 Å². The number of fused-ring (bicyclic) bond motifs is 2. The molecule has 0 aromatic heterocycles. The smallest absolute Gasteiger partial charge is 0.294 e. The molecule has 0 aliphatic heterocycles. The Kier molecular flexibility index (Phi) is 8.01. The summed E-state index contributed by atoms with van der Waals surface area (Å²) in [5, 5.41) is 30.6. The summed E-state index contributed by atoms with van der Waals surface area (Å²) in [6.45, 7) is 0. The molecule has 0 unspecified atom stereocenters. The van der Waals surface area contributed by atoms with Crippen molar-refractivity contribution < 1.29 is 36.2 Å². The highest BCUT2D eigenvalue weighted by atomic mass is 32.2. The van der Waals surface area contributed by atoms with E-state index in [-0.39, 0.29) is 33.6 Å². The Morgan fingerprint density at radius 2 is 1.06 bits per heavy atom. The number of nitrogen functional groups attached to an aromatic ring is 2. The maximum absolute atomic E-state index is 11.6. The van der Waals surface area contributed by atoms with E-state index < -0.39 is 35.8 Å². The average molecular weight is 687 g/mol. The van der Waals surface area contributed by atoms with Crippen molar-refractivity contribution in [3.8, 4) is 22.6 Å². The summed E-state index contributed by atoms with van der Waals surface area (Å²) in [7, 11) is -9.07. The number of hydrogen-bond donors (Lipinski definition) is 8. The van der Waals surface area contributed by atoms with Crippen LogP contribution in [0.5, 0.6) is 11.5 Å². The number of hydrazine groups is 1. The van der Waals surface area contributed by atoms with Crippen LogP contribution in [0.4, 0.5) is 34.1 Å². The molecule has 0 saturated carbocycles. The third-order valence-electron chi connectivity index (χ3n) is 7.46. The number of nitrogens with zero attached hydrogens (tertiary/aromatic N) is 2. The molecule has 0 aliphatic rings. The van der Waals surface area contributed by atoms with Crippen LogP contribution in [-0.2, 0) is 20.2 Å². The number of hydrogen-bond acceptors (Lipinski definition) is 12. The van der Waals surface area contributed by atoms with Gasteiger partial charge in [-0.05, 0) is 70.4 Å². The molecule has 0 amide bonds. The van der Waals surface area contributed by atoms with E-state index in [1.54, 1.807) is 24.3 Å². The van der Waals surface area contributed by atoms with Crippen LogP contribution in [0.1, 0.15) is 0 Å². The van der Waals surface area contributed by atoms with Gasteiger partial charge in [0.15, 0.2) is 0 Å². The minimum Gasteiger partial charge on any atom is -0.507 e. The van der Waals surface area contributed by atoms with Crippen LogP contribution in [0.25, 0.3) is 32.7 Å². The van der Waals surface area contributed by atoms with Gasteiger partial charge in [0.1, 0.15) is 17.2 Å². The van der Waals surface area contributed by atoms with E-state index in [2.05, 4.69) is 21.1 Å². The fraction of sp³-hybridized carbons (Fsp3) is 0. The topological polar surface area (TPSA) is 250 Å². The zero-order chi connectivity index (χ0) is 34.4. The van der Waals surface area contributed by atoms with E-state index in [1.165, 1.54) is 36.4 Å². The number of aromatic hydroxyl groups is 2. The molecule has 0 aliphatic carbocycles. The Balaban J connectivity index is 1.19. The number of nitrogens with one attached hydrogen (secondary N) is 2. The Labute approximate surface area is 273 Å². The molecule has 6 aromatic carbocycles. The van der Waals surface area contributed by atoms with E-state index in [9.17, 15) is 36.2 Å². The summed E-state index contributed by atoms with van der Waals surface area (Å²) in [6.07, 6.45) is 0. The molecule has 0 fully saturated rings. The van der Waals surface area contributed by atoms with Crippen molar-refractivity contribution in [2.24, 2.45) is 10.2 Å². The lowest BCUT2D eigenvalue weighted by atomic mass is 10.1. The second kappa shape index (κ2) is 12.0. The second-order valence-corrected chi connectivity index (χ2v) is 13.5. The highest BCUT2D eigenvalue weighted by Crippen LogP contribution is 2.41. The van der Waals surface area contributed by atoms with Gasteiger partial charge in [-0.3, -0.25) is 14.5 Å². The van der Waals surface area contributed by atoms with Crippen molar-refractivity contribution in [1.82, 2.24) is 0 Å². The Bertz CT molecular complexity index is 2490. The highest BCUT2D eigenvalue weighted by molar-refractivity contribution is 7.86. The first kappa shape index (κ1) is 32.0. The maximum atomic E-state index is 11.6. The minimum absolute atomic E-state index is 0.135. The van der Waals surface area contributed by atoms with Crippen molar-refractivity contribution in [3.05, 3.63) is 97.1 Å². The average Bonchev–Trinajstić information content (AvgIpc) is 3.03. The molecular formula is C32H26N6O8S2. The van der Waals surface area contributed by atoms with E-state index in [1.807, 2.05) is 24.3 Å². The number of phenolic OH excluding ortho intramolecular Hbond substituents is 2. The molecule has 0 heterocycles. The molecule has 0 bridgehead atoms. The van der Waals surface area contributed by atoms with Crippen LogP contribution in [0.3, 0.4) is 0 Å². The monoisotopic (exact) mass is 686 g/mol. The Morgan fingerprint density at radius 3 is 1.62 bits per heavy atom. The number of nitrogens with two attached hydrogens (primary N) is 2. The largest absolute Gasteiger partial charge is 0.507 e. The van der Waals surface area contributed by atoms with Crippen LogP contribution >= 0.6 is 0 Å². The first-order chi connectivity index (χ1) is 22.7. The van der Waals surface area contributed by atoms with Gasteiger partial charge in [0.25, 0.3) is 20.2 Å². The number of azo groups is 1. The number of anilines is 4. The molecule has 0 spiro atoms. The lowest BCUT2D eigenvalue weighted by molar-refractivity contribution is 0.470. The molecular weight excluding hydrogens is 661 g/mol. The molecule has 6 aromatic rings. The van der Waals surface area contributed by atoms with Crippen molar-refractivity contribution >= 4 is 75.9 Å². The SMILES string of the molecule is Nc1ccc2cc(S(=O)(=O)O)cc(O)c2c1N=Nc1ccc(-c2ccc(NNc3c(N)ccc4cc(S(=O)(=O)O)cc(O)c34)cc2)cc1. The summed E-state index contributed by atoms with van der Waals surface area (Å²) >= 11 is 0. The van der Waals surface area contributed by atoms with Crippen LogP contribution in [0, 0.1) is 0 Å². The highest BCUT2D eigenvalue weighted by Gasteiger charge is 2.18. The van der Waals surface area contributed by atoms with Crippen molar-refractivity contribution in [2.75, 3.05) is 22.3 Å². The van der Waals surface area contributed by atoms with Crippen LogP contribution in [0.15, 0.2) is 117 Å². The Hall–Kier alpha value is -5.94. The molecule has 6 rings (SSSR count). The molecule has 48 heavy (non-hydrogen) atoms. The van der Waals surface area contributed by atoms with Gasteiger partial charge in [-0.1, -0.05) is 36.4 Å². The summed E-state index contributed by atoms with van der Waals surface area (Å²) in [5.41, 5.74) is 22.0. The molecule has 0 atom stereocenters. The number of benzene rings is 6. The van der Waals surface area contributed by atoms with Crippen LogP contribution < -0.4 is 22.3 Å². The molecule has 0 saturated heterocycles. The first-order valence-corrected chi connectivity index (χ1v) is 16.8. The number of rotatable bonds is 8. The molecule has 10 N–H and O–H groups in total. The maximum Gasteiger partial charge on any atom is 0.294 e. The van der Waals surface area contributed by atoms with Crippen molar-refractivity contribution in [3.63, 3.8) is 0 Å². The molecule has 0 radical (unpaired) electrons. The van der Waals surface area contributed by atoms with Crippen LogP contribution in [0.2, 0.25) is 0 Å². The van der Waals surface area contributed by atoms with Gasteiger partial charge in [-0.15, -0.1) is 5.11 Å². The van der Waals surface area contributed by atoms with E-state index in [0.717, 1.165) is 23.3 Å². The summed E-state index contributed by atoms with van der Waals surface area (Å²) in [6, 6.07) is 24.8. The fourth-order valence-electron chi connectivity index (χ4n) is 5.10. The quantitative estimate of drug-likeness (QED) is 0.0366. The summed E-state index contributed by atoms with van der Waals surface area (Å²) in [5.74, 6) is -0.819. The normalized spacial score (nSPS) is 12.1. The van der Waals surface area contributed by atoms with Crippen molar-refractivity contribution in [2.45, 2.75) is 9.79 Å². The lowest BCUT2D eigenvalue weighted by Gasteiger charge is -2.16. The van der Waals surface area contributed by atoms with Gasteiger partial charge in [0, 0.05) is 12.1 Å². The third-order valence-corrected chi connectivity index (χ3v) is 9.12. The first-order valence-electron chi connectivity index (χ1n) is 13.9. The summed E-state index contributed by atoms with van der Waals surface area (Å²) in [4.78, 5) is -0.915. The van der Waals surface area contributed by atoms with Gasteiger partial charge in [0.05, 0.1) is 49.0 Å². The van der Waals surface area contributed by atoms with E-state index in [0.29, 0.717) is 27.8 Å². The van der Waals surface area contributed by atoms with E-state index >= 15 is 0 Å². The number of phenols is 2. The van der Waals surface area contributed by atoms with Gasteiger partial charge < -0.3 is 27.1 Å². The molecule has 16 heteroatoms. The Morgan fingerprint density at radius 1 is 0.562 bits per heavy atom. The molecule has 244 valence electrons. The minimum atomic E-state index is -4.54. The predicted molar refractivity (Wildman–Crippen MR) is 183 cm³/mol. The zero-order valence-electron chi connectivity index (χ0n) is 24.5. The second-order valence-electron chi connectivity index (χ2n) is 10.6. The van der Waals surface area contributed by atoms with Gasteiger partial charge in [-0.2, -0.15) is 21.9 Å². The summed E-state index contributed by atoms with van der Waals surface area (Å²) < 4.78 is 65.0. The standard InChI is InChI=1S/C32H26N6O8S2/c33-25-11-5-19-13-23(47(41,42)43)15-27(39)29(19)31(25)37-35-21-7-1-17(2-8-21)18-3-9-22(10-4-18)36-38-32-26(34)12-6-20-14-24(48(44,45)46)16-28(40)30(20)32/h1-16,35,37,39-40H,33-34H2,(H,41,42,43)(H,44,45,46). The third kappa shape index (κ3) is 6.36. The van der Waals surface area contributed by atoms with Crippen LogP contribution in [-0.4, -0.2) is 36.2 Å². The van der Waals surface area contributed by atoms with Crippen molar-refractivity contribution in [1.29, 1.82) is 0 Å². The fourth-order valence-corrected chi connectivity index (χ4v) is 6.17.